The third-order valence-corrected chi connectivity index (χ3v) is 3.36. The predicted molar refractivity (Wildman–Crippen MR) is 51.2 cm³/mol. The first-order chi connectivity index (χ1) is 5.62. The zero-order chi connectivity index (χ0) is 8.66. The molecule has 0 aromatic carbocycles. The molecule has 12 heavy (non-hydrogen) atoms. The molecule has 1 aliphatic heterocycles. The summed E-state index contributed by atoms with van der Waals surface area (Å²) in [6, 6.07) is 0. The molecule has 1 atom stereocenters. The van der Waals surface area contributed by atoms with E-state index in [4.69, 9.17) is 0 Å². The molecule has 2 fully saturated rings. The summed E-state index contributed by atoms with van der Waals surface area (Å²) in [5.74, 6) is 0. The Morgan fingerprint density at radius 1 is 1.08 bits per heavy atom. The second-order valence-corrected chi connectivity index (χ2v) is 5.22. The van der Waals surface area contributed by atoms with E-state index in [0.717, 1.165) is 13.1 Å². The van der Waals surface area contributed by atoms with Crippen molar-refractivity contribution in [2.24, 2.45) is 5.41 Å². The number of nitrogens with one attached hydrogen (secondary N) is 2. The van der Waals surface area contributed by atoms with Crippen molar-refractivity contribution in [2.75, 3.05) is 19.6 Å². The van der Waals surface area contributed by atoms with Gasteiger partial charge in [-0.05, 0) is 24.7 Å². The molecule has 2 nitrogen and oxygen atoms in total. The Morgan fingerprint density at radius 2 is 1.92 bits per heavy atom. The Hall–Kier alpha value is -0.0800. The quantitative estimate of drug-likeness (QED) is 0.566. The summed E-state index contributed by atoms with van der Waals surface area (Å²) in [5, 5.41) is 7.18. The van der Waals surface area contributed by atoms with Gasteiger partial charge in [0.2, 0.25) is 0 Å². The minimum Gasteiger partial charge on any atom is -0.314 e. The van der Waals surface area contributed by atoms with Gasteiger partial charge in [-0.15, -0.1) is 0 Å². The molecule has 2 N–H and O–H groups in total. The lowest BCUT2D eigenvalue weighted by Crippen LogP contribution is -2.57. The number of hydrogen-bond donors (Lipinski definition) is 2. The summed E-state index contributed by atoms with van der Waals surface area (Å²) in [6.45, 7) is 8.24. The molecule has 1 unspecified atom stereocenters. The Labute approximate surface area is 75.1 Å². The summed E-state index contributed by atoms with van der Waals surface area (Å²) in [7, 11) is 0. The molecular formula is C10H20N2. The first-order valence-corrected chi connectivity index (χ1v) is 5.08. The summed E-state index contributed by atoms with van der Waals surface area (Å²) in [6.07, 6.45) is 4.07. The minimum atomic E-state index is 0.446. The van der Waals surface area contributed by atoms with Gasteiger partial charge in [-0.25, -0.2) is 0 Å². The van der Waals surface area contributed by atoms with Crippen LogP contribution in [0.2, 0.25) is 0 Å². The maximum atomic E-state index is 3.69. The Morgan fingerprint density at radius 3 is 2.42 bits per heavy atom. The summed E-state index contributed by atoms with van der Waals surface area (Å²) in [5.41, 5.74) is 1.01. The Bertz CT molecular complexity index is 169. The summed E-state index contributed by atoms with van der Waals surface area (Å²) in [4.78, 5) is 0. The third kappa shape index (κ3) is 1.50. The monoisotopic (exact) mass is 168 g/mol. The molecule has 2 heteroatoms. The van der Waals surface area contributed by atoms with Gasteiger partial charge in [0.05, 0.1) is 0 Å². The molecule has 1 aliphatic carbocycles. The van der Waals surface area contributed by atoms with Crippen LogP contribution < -0.4 is 10.6 Å². The number of rotatable bonds is 0. The zero-order valence-corrected chi connectivity index (χ0v) is 8.24. The molecule has 1 saturated heterocycles. The molecule has 1 saturated carbocycles. The van der Waals surface area contributed by atoms with Gasteiger partial charge >= 0.3 is 0 Å². The summed E-state index contributed by atoms with van der Waals surface area (Å²) < 4.78 is 0. The molecule has 1 heterocycles. The lowest BCUT2D eigenvalue weighted by atomic mass is 9.87. The average molecular weight is 168 g/mol. The highest BCUT2D eigenvalue weighted by atomic mass is 15.1. The van der Waals surface area contributed by atoms with Crippen molar-refractivity contribution in [1.29, 1.82) is 0 Å². The number of hydrogen-bond acceptors (Lipinski definition) is 2. The molecule has 0 bridgehead atoms. The topological polar surface area (TPSA) is 24.1 Å². The fourth-order valence-electron chi connectivity index (χ4n) is 2.78. The van der Waals surface area contributed by atoms with Crippen molar-refractivity contribution in [3.63, 3.8) is 0 Å². The molecule has 2 rings (SSSR count). The average Bonchev–Trinajstić information content (AvgIpc) is 2.29. The van der Waals surface area contributed by atoms with Crippen molar-refractivity contribution in [3.05, 3.63) is 0 Å². The van der Waals surface area contributed by atoms with Gasteiger partial charge in [-0.1, -0.05) is 13.8 Å². The van der Waals surface area contributed by atoms with Crippen LogP contribution in [0.15, 0.2) is 0 Å². The Kier molecular flexibility index (Phi) is 1.92. The van der Waals surface area contributed by atoms with E-state index in [1.807, 2.05) is 0 Å². The van der Waals surface area contributed by atoms with Crippen LogP contribution in [0.1, 0.15) is 33.1 Å². The largest absolute Gasteiger partial charge is 0.314 e. The predicted octanol–water partition coefficient (Wildman–Crippen LogP) is 1.13. The molecular weight excluding hydrogens is 148 g/mol. The maximum absolute atomic E-state index is 3.69. The van der Waals surface area contributed by atoms with E-state index in [9.17, 15) is 0 Å². The first-order valence-electron chi connectivity index (χ1n) is 5.08. The highest BCUT2D eigenvalue weighted by Gasteiger charge is 2.43. The van der Waals surface area contributed by atoms with E-state index in [1.165, 1.54) is 25.8 Å². The van der Waals surface area contributed by atoms with Gasteiger partial charge in [0.25, 0.3) is 0 Å². The van der Waals surface area contributed by atoms with Gasteiger partial charge in [0.15, 0.2) is 0 Å². The van der Waals surface area contributed by atoms with Gasteiger partial charge in [0, 0.05) is 25.2 Å². The van der Waals surface area contributed by atoms with Crippen LogP contribution in [0, 0.1) is 5.41 Å². The van der Waals surface area contributed by atoms with Crippen LogP contribution >= 0.6 is 0 Å². The van der Waals surface area contributed by atoms with Crippen molar-refractivity contribution in [2.45, 2.75) is 38.6 Å². The number of piperazine rings is 1. The van der Waals surface area contributed by atoms with Crippen LogP contribution in [0.4, 0.5) is 0 Å². The van der Waals surface area contributed by atoms with Gasteiger partial charge in [-0.3, -0.25) is 0 Å². The van der Waals surface area contributed by atoms with Crippen LogP contribution in [-0.2, 0) is 0 Å². The van der Waals surface area contributed by atoms with Gasteiger partial charge < -0.3 is 10.6 Å². The van der Waals surface area contributed by atoms with Crippen molar-refractivity contribution in [1.82, 2.24) is 10.6 Å². The van der Waals surface area contributed by atoms with E-state index >= 15 is 0 Å². The van der Waals surface area contributed by atoms with Crippen LogP contribution in [0.25, 0.3) is 0 Å². The van der Waals surface area contributed by atoms with E-state index in [1.54, 1.807) is 0 Å². The lowest BCUT2D eigenvalue weighted by Gasteiger charge is -2.36. The fraction of sp³-hybridized carbons (Fsp3) is 1.00. The molecule has 70 valence electrons. The standard InChI is InChI=1S/C10H20N2/c1-9(2)3-4-10(7-9)8-11-5-6-12-10/h11-12H,3-8H2,1-2H3. The van der Waals surface area contributed by atoms with Crippen molar-refractivity contribution < 1.29 is 0 Å². The van der Waals surface area contributed by atoms with E-state index in [0.29, 0.717) is 11.0 Å². The van der Waals surface area contributed by atoms with Gasteiger partial charge in [0.1, 0.15) is 0 Å². The zero-order valence-electron chi connectivity index (χ0n) is 8.24. The smallest absolute Gasteiger partial charge is 0.0312 e. The van der Waals surface area contributed by atoms with Crippen LogP contribution in [-0.4, -0.2) is 25.2 Å². The SMILES string of the molecule is CC1(C)CCC2(CNCCN2)C1. The highest BCUT2D eigenvalue weighted by Crippen LogP contribution is 2.43. The summed E-state index contributed by atoms with van der Waals surface area (Å²) >= 11 is 0. The molecule has 2 aliphatic rings. The highest BCUT2D eigenvalue weighted by molar-refractivity contribution is 5.02. The van der Waals surface area contributed by atoms with Crippen molar-refractivity contribution in [3.8, 4) is 0 Å². The van der Waals surface area contributed by atoms with Crippen LogP contribution in [0.3, 0.4) is 0 Å². The second kappa shape index (κ2) is 2.71. The van der Waals surface area contributed by atoms with Gasteiger partial charge in [-0.2, -0.15) is 0 Å². The third-order valence-electron chi connectivity index (χ3n) is 3.36. The second-order valence-electron chi connectivity index (χ2n) is 5.22. The normalized spacial score (nSPS) is 40.5. The maximum Gasteiger partial charge on any atom is 0.0312 e. The fourth-order valence-corrected chi connectivity index (χ4v) is 2.78. The molecule has 0 aromatic heterocycles. The Balaban J connectivity index is 2.03. The van der Waals surface area contributed by atoms with E-state index in [-0.39, 0.29) is 0 Å². The van der Waals surface area contributed by atoms with E-state index < -0.39 is 0 Å². The lowest BCUT2D eigenvalue weighted by molar-refractivity contribution is 0.248. The van der Waals surface area contributed by atoms with E-state index in [2.05, 4.69) is 24.5 Å². The molecule has 0 radical (unpaired) electrons. The minimum absolute atomic E-state index is 0.446. The van der Waals surface area contributed by atoms with Crippen molar-refractivity contribution >= 4 is 0 Å². The van der Waals surface area contributed by atoms with Crippen LogP contribution in [0.5, 0.6) is 0 Å². The molecule has 1 spiro atoms. The molecule has 0 aromatic rings. The molecule has 0 amide bonds. The first kappa shape index (κ1) is 8.52.